The number of carbonyl (C=O) groups is 2. The zero-order valence-electron chi connectivity index (χ0n) is 15.4. The van der Waals surface area contributed by atoms with E-state index in [0.29, 0.717) is 15.9 Å². The number of amides is 1. The van der Waals surface area contributed by atoms with Crippen LogP contribution in [0.15, 0.2) is 56.0 Å². The van der Waals surface area contributed by atoms with E-state index in [9.17, 15) is 9.59 Å². The van der Waals surface area contributed by atoms with Gasteiger partial charge < -0.3 is 9.15 Å². The Bertz CT molecular complexity index is 1140. The lowest BCUT2D eigenvalue weighted by atomic mass is 10.1. The summed E-state index contributed by atoms with van der Waals surface area (Å²) in [5, 5.41) is 9.62. The van der Waals surface area contributed by atoms with Gasteiger partial charge in [-0.25, -0.2) is 9.69 Å². The second-order valence-electron chi connectivity index (χ2n) is 5.90. The van der Waals surface area contributed by atoms with Gasteiger partial charge in [-0.1, -0.05) is 36.4 Å². The molecule has 0 radical (unpaired) electrons. The van der Waals surface area contributed by atoms with Crippen molar-refractivity contribution in [3.8, 4) is 5.75 Å². The van der Waals surface area contributed by atoms with Gasteiger partial charge in [-0.15, -0.1) is 0 Å². The molecule has 1 amide bonds. The van der Waals surface area contributed by atoms with Crippen molar-refractivity contribution in [1.29, 1.82) is 5.41 Å². The van der Waals surface area contributed by atoms with Gasteiger partial charge in [0.2, 0.25) is 10.9 Å². The minimum atomic E-state index is -0.675. The summed E-state index contributed by atoms with van der Waals surface area (Å²) in [5.41, 5.74) is 0.667. The van der Waals surface area contributed by atoms with E-state index in [1.165, 1.54) is 42.3 Å². The van der Waals surface area contributed by atoms with Crippen molar-refractivity contribution in [3.63, 3.8) is 0 Å². The number of amidine groups is 3. The van der Waals surface area contributed by atoms with Crippen LogP contribution in [0.2, 0.25) is 5.02 Å². The molecular formula is C19H13ClN4O4S2. The number of nitrogens with zero attached hydrogens (tertiary/aromatic N) is 3. The van der Waals surface area contributed by atoms with Gasteiger partial charge in [0.1, 0.15) is 11.6 Å². The molecule has 11 heteroatoms. The van der Waals surface area contributed by atoms with Gasteiger partial charge in [0.15, 0.2) is 5.17 Å². The first kappa shape index (κ1) is 20.5. The number of rotatable bonds is 4. The number of benzene rings is 1. The van der Waals surface area contributed by atoms with Crippen LogP contribution >= 0.6 is 35.3 Å². The number of furan rings is 1. The molecule has 1 N–H and O–H groups in total. The average molecular weight is 461 g/mol. The Balaban J connectivity index is 1.58. The molecule has 0 bridgehead atoms. The third-order valence-electron chi connectivity index (χ3n) is 3.96. The predicted molar refractivity (Wildman–Crippen MR) is 118 cm³/mol. The Morgan fingerprint density at radius 2 is 2.27 bits per heavy atom. The lowest BCUT2D eigenvalue weighted by Gasteiger charge is -2.24. The summed E-state index contributed by atoms with van der Waals surface area (Å²) in [4.78, 5) is 30.0. The summed E-state index contributed by atoms with van der Waals surface area (Å²) in [6.07, 6.45) is 2.89. The lowest BCUT2D eigenvalue weighted by molar-refractivity contribution is -0.114. The van der Waals surface area contributed by atoms with Gasteiger partial charge >= 0.3 is 5.97 Å². The molecule has 30 heavy (non-hydrogen) atoms. The average Bonchev–Trinajstić information content (AvgIpc) is 3.38. The third kappa shape index (κ3) is 3.93. The highest BCUT2D eigenvalue weighted by molar-refractivity contribution is 8.19. The Morgan fingerprint density at radius 3 is 2.97 bits per heavy atom. The topological polar surface area (TPSA) is 108 Å². The number of fused-ring (bicyclic) bond motifs is 1. The smallest absolute Gasteiger partial charge is 0.379 e. The Hall–Kier alpha value is -2.82. The number of ether oxygens (including phenoxy) is 1. The van der Waals surface area contributed by atoms with Gasteiger partial charge in [-0.05, 0) is 41.7 Å². The van der Waals surface area contributed by atoms with Crippen LogP contribution in [0.1, 0.15) is 23.0 Å². The first-order valence-electron chi connectivity index (χ1n) is 8.64. The van der Waals surface area contributed by atoms with Crippen LogP contribution in [-0.4, -0.2) is 38.7 Å². The summed E-state index contributed by atoms with van der Waals surface area (Å²) < 4.78 is 14.5. The van der Waals surface area contributed by atoms with E-state index in [0.717, 1.165) is 17.7 Å². The van der Waals surface area contributed by atoms with Crippen molar-refractivity contribution >= 4 is 69.4 Å². The van der Waals surface area contributed by atoms with E-state index in [-0.39, 0.29) is 27.9 Å². The van der Waals surface area contributed by atoms with E-state index in [4.69, 9.17) is 26.2 Å². The van der Waals surface area contributed by atoms with Crippen molar-refractivity contribution in [2.24, 2.45) is 9.39 Å². The van der Waals surface area contributed by atoms with Gasteiger partial charge in [0.05, 0.1) is 28.8 Å². The maximum Gasteiger partial charge on any atom is 0.379 e. The Labute approximate surface area is 184 Å². The van der Waals surface area contributed by atoms with Crippen molar-refractivity contribution < 1.29 is 18.7 Å². The molecule has 0 spiro atoms. The van der Waals surface area contributed by atoms with Crippen LogP contribution in [0, 0.1) is 5.41 Å². The van der Waals surface area contributed by atoms with Gasteiger partial charge in [-0.2, -0.15) is 9.39 Å². The van der Waals surface area contributed by atoms with Crippen molar-refractivity contribution in [2.45, 2.75) is 6.92 Å². The fourth-order valence-electron chi connectivity index (χ4n) is 2.63. The van der Waals surface area contributed by atoms with Crippen LogP contribution in [-0.2, 0) is 4.79 Å². The molecule has 0 atom stereocenters. The number of thioether (sulfide) groups is 1. The molecule has 152 valence electrons. The Kier molecular flexibility index (Phi) is 5.80. The molecule has 0 saturated carbocycles. The van der Waals surface area contributed by atoms with Crippen LogP contribution in [0.3, 0.4) is 0 Å². The van der Waals surface area contributed by atoms with Crippen molar-refractivity contribution in [3.05, 3.63) is 58.5 Å². The number of carbonyl (C=O) groups excluding carboxylic acids is 2. The highest BCUT2D eigenvalue weighted by Gasteiger charge is 2.37. The summed E-state index contributed by atoms with van der Waals surface area (Å²) in [5.74, 6) is -0.225. The molecule has 0 fully saturated rings. The summed E-state index contributed by atoms with van der Waals surface area (Å²) in [7, 11) is 0. The molecule has 0 saturated heterocycles. The van der Waals surface area contributed by atoms with E-state index < -0.39 is 11.9 Å². The highest BCUT2D eigenvalue weighted by Crippen LogP contribution is 2.33. The lowest BCUT2D eigenvalue weighted by Crippen LogP contribution is -2.41. The standard InChI is InChI=1S/C19H13ClN4O4S2/c1-2-29-19-23-30-18-22-16(25)11(15(21)24(18)19)8-10-5-6-13(12(20)9-10)28-17(26)14-4-3-7-27-14/h3-9,21H,2H2,1H3. The molecule has 0 unspecified atom stereocenters. The maximum atomic E-state index is 12.4. The molecule has 2 aliphatic heterocycles. The van der Waals surface area contributed by atoms with Crippen LogP contribution < -0.4 is 4.74 Å². The molecular weight excluding hydrogens is 448 g/mol. The number of hydrogen-bond acceptors (Lipinski definition) is 8. The molecule has 3 heterocycles. The fraction of sp³-hybridized carbons (Fsp3) is 0.105. The summed E-state index contributed by atoms with van der Waals surface area (Å²) >= 11 is 8.78. The van der Waals surface area contributed by atoms with Crippen LogP contribution in [0.4, 0.5) is 0 Å². The van der Waals surface area contributed by atoms with Gasteiger partial charge in [-0.3, -0.25) is 10.2 Å². The zero-order chi connectivity index (χ0) is 21.3. The third-order valence-corrected chi connectivity index (χ3v) is 5.89. The van der Waals surface area contributed by atoms with E-state index >= 15 is 0 Å². The minimum Gasteiger partial charge on any atom is -0.457 e. The maximum absolute atomic E-state index is 12.4. The second-order valence-corrected chi connectivity index (χ2v) is 8.27. The number of halogens is 1. The molecule has 8 nitrogen and oxygen atoms in total. The van der Waals surface area contributed by atoms with E-state index in [1.54, 1.807) is 17.0 Å². The highest BCUT2D eigenvalue weighted by atomic mass is 35.5. The minimum absolute atomic E-state index is 0.000791. The van der Waals surface area contributed by atoms with E-state index in [1.807, 2.05) is 6.92 Å². The second kappa shape index (κ2) is 8.50. The largest absolute Gasteiger partial charge is 0.457 e. The molecule has 0 aliphatic carbocycles. The SMILES string of the molecule is CCSC1=NSC2=NC(=O)C(=Cc3ccc(OC(=O)c4ccco4)c(Cl)c3)C(=N)N12. The predicted octanol–water partition coefficient (Wildman–Crippen LogP) is 4.48. The summed E-state index contributed by atoms with van der Waals surface area (Å²) in [6, 6.07) is 7.72. The van der Waals surface area contributed by atoms with Crippen LogP contribution in [0.5, 0.6) is 5.75 Å². The molecule has 2 aliphatic rings. The molecule has 2 aromatic rings. The normalized spacial score (nSPS) is 17.1. The van der Waals surface area contributed by atoms with Gasteiger partial charge in [0.25, 0.3) is 5.91 Å². The number of esters is 1. The summed E-state index contributed by atoms with van der Waals surface area (Å²) in [6.45, 7) is 1.98. The van der Waals surface area contributed by atoms with Crippen molar-refractivity contribution in [1.82, 2.24) is 4.90 Å². The molecule has 1 aromatic carbocycles. The Morgan fingerprint density at radius 1 is 1.43 bits per heavy atom. The molecule has 4 rings (SSSR count). The zero-order valence-corrected chi connectivity index (χ0v) is 17.8. The van der Waals surface area contributed by atoms with Crippen LogP contribution in [0.25, 0.3) is 6.08 Å². The van der Waals surface area contributed by atoms with Gasteiger partial charge in [0, 0.05) is 0 Å². The fourth-order valence-corrected chi connectivity index (χ4v) is 4.42. The van der Waals surface area contributed by atoms with E-state index in [2.05, 4.69) is 9.39 Å². The molecule has 1 aromatic heterocycles. The first-order chi connectivity index (χ1) is 14.5. The monoisotopic (exact) mass is 460 g/mol. The number of hydrogen-bond donors (Lipinski definition) is 1. The number of aliphatic imine (C=N–C) groups is 1. The first-order valence-corrected chi connectivity index (χ1v) is 10.8. The number of nitrogens with one attached hydrogen (secondary N) is 1. The van der Waals surface area contributed by atoms with Crippen molar-refractivity contribution in [2.75, 3.05) is 5.75 Å². The quantitative estimate of drug-likeness (QED) is 0.310.